The summed E-state index contributed by atoms with van der Waals surface area (Å²) in [6.07, 6.45) is 2.24. The molecule has 1 aliphatic heterocycles. The number of nitrogens with one attached hydrogen (secondary N) is 1. The smallest absolute Gasteiger partial charge is 0.238 e. The Balaban J connectivity index is 1.91. The maximum absolute atomic E-state index is 12.0. The first-order valence-electron chi connectivity index (χ1n) is 6.19. The fourth-order valence-corrected chi connectivity index (χ4v) is 2.83. The molecule has 0 aliphatic carbocycles. The molecule has 1 aromatic rings. The first-order valence-corrected chi connectivity index (χ1v) is 7.27. The lowest BCUT2D eigenvalue weighted by atomic mass is 10.2. The Hall–Kier alpha value is -0.660. The first kappa shape index (κ1) is 13.8. The number of nitrogens with two attached hydrogens (primary N) is 1. The molecule has 4 nitrogen and oxygen atoms in total. The van der Waals surface area contributed by atoms with E-state index in [4.69, 9.17) is 5.73 Å². The standard InChI is InChI=1S/C13H18IN3O/c14-11-5-1-2-6-12(11)16-13(18)9-17-7-3-4-10(17)8-15/h1-2,5-6,10H,3-4,7-9,15H2,(H,16,18). The zero-order valence-electron chi connectivity index (χ0n) is 10.2. The average Bonchev–Trinajstić information content (AvgIpc) is 2.79. The summed E-state index contributed by atoms with van der Waals surface area (Å²) in [6.45, 7) is 2.05. The summed E-state index contributed by atoms with van der Waals surface area (Å²) < 4.78 is 1.06. The van der Waals surface area contributed by atoms with Crippen LogP contribution in [0.3, 0.4) is 0 Å². The van der Waals surface area contributed by atoms with E-state index in [9.17, 15) is 4.79 Å². The van der Waals surface area contributed by atoms with Gasteiger partial charge in [-0.1, -0.05) is 12.1 Å². The molecule has 5 heteroatoms. The van der Waals surface area contributed by atoms with Crippen molar-refractivity contribution in [1.29, 1.82) is 0 Å². The third-order valence-electron chi connectivity index (χ3n) is 3.27. The van der Waals surface area contributed by atoms with Gasteiger partial charge in [0.25, 0.3) is 0 Å². The van der Waals surface area contributed by atoms with Crippen LogP contribution in [0.1, 0.15) is 12.8 Å². The van der Waals surface area contributed by atoms with Gasteiger partial charge in [0.2, 0.25) is 5.91 Å². The van der Waals surface area contributed by atoms with Crippen molar-refractivity contribution in [3.63, 3.8) is 0 Å². The van der Waals surface area contributed by atoms with Crippen molar-refractivity contribution >= 4 is 34.2 Å². The fraction of sp³-hybridized carbons (Fsp3) is 0.462. The van der Waals surface area contributed by atoms with E-state index in [1.165, 1.54) is 0 Å². The third kappa shape index (κ3) is 3.43. The van der Waals surface area contributed by atoms with Crippen molar-refractivity contribution in [1.82, 2.24) is 4.90 Å². The van der Waals surface area contributed by atoms with Crippen LogP contribution in [0.5, 0.6) is 0 Å². The van der Waals surface area contributed by atoms with Gasteiger partial charge in [0.15, 0.2) is 0 Å². The summed E-state index contributed by atoms with van der Waals surface area (Å²) in [6, 6.07) is 8.16. The summed E-state index contributed by atoms with van der Waals surface area (Å²) in [5.74, 6) is 0.0412. The summed E-state index contributed by atoms with van der Waals surface area (Å²) in [5.41, 5.74) is 6.58. The van der Waals surface area contributed by atoms with E-state index in [0.717, 1.165) is 28.6 Å². The second-order valence-corrected chi connectivity index (χ2v) is 5.69. The van der Waals surface area contributed by atoms with Crippen molar-refractivity contribution in [3.8, 4) is 0 Å². The van der Waals surface area contributed by atoms with Crippen molar-refractivity contribution in [2.45, 2.75) is 18.9 Å². The Bertz CT molecular complexity index is 424. The highest BCUT2D eigenvalue weighted by Crippen LogP contribution is 2.18. The number of carbonyl (C=O) groups is 1. The zero-order chi connectivity index (χ0) is 13.0. The fourth-order valence-electron chi connectivity index (χ4n) is 2.31. The van der Waals surface area contributed by atoms with E-state index in [2.05, 4.69) is 32.8 Å². The maximum Gasteiger partial charge on any atom is 0.238 e. The number of carbonyl (C=O) groups excluding carboxylic acids is 1. The Kier molecular flexibility index (Phi) is 4.96. The largest absolute Gasteiger partial charge is 0.329 e. The molecule has 0 bridgehead atoms. The highest BCUT2D eigenvalue weighted by Gasteiger charge is 2.24. The molecular weight excluding hydrogens is 341 g/mol. The van der Waals surface area contributed by atoms with Gasteiger partial charge < -0.3 is 11.1 Å². The van der Waals surface area contributed by atoms with Gasteiger partial charge in [-0.15, -0.1) is 0 Å². The number of halogens is 1. The number of nitrogens with zero attached hydrogens (tertiary/aromatic N) is 1. The van der Waals surface area contributed by atoms with Crippen molar-refractivity contribution in [3.05, 3.63) is 27.8 Å². The molecule has 2 rings (SSSR count). The lowest BCUT2D eigenvalue weighted by molar-refractivity contribution is -0.117. The summed E-state index contributed by atoms with van der Waals surface area (Å²) in [4.78, 5) is 14.2. The average molecular weight is 359 g/mol. The zero-order valence-corrected chi connectivity index (χ0v) is 12.4. The lowest BCUT2D eigenvalue weighted by Crippen LogP contribution is -2.40. The molecule has 3 N–H and O–H groups in total. The number of hydrogen-bond acceptors (Lipinski definition) is 3. The molecule has 1 unspecified atom stereocenters. The molecule has 1 aromatic carbocycles. The van der Waals surface area contributed by atoms with E-state index in [1.54, 1.807) is 0 Å². The number of likely N-dealkylation sites (tertiary alicyclic amines) is 1. The van der Waals surface area contributed by atoms with Gasteiger partial charge in [-0.2, -0.15) is 0 Å². The van der Waals surface area contributed by atoms with Crippen molar-refractivity contribution in [2.75, 3.05) is 25.0 Å². The molecule has 1 aliphatic rings. The number of anilines is 1. The molecular formula is C13H18IN3O. The Morgan fingerprint density at radius 1 is 1.50 bits per heavy atom. The molecule has 1 atom stereocenters. The minimum absolute atomic E-state index is 0.0412. The van der Waals surface area contributed by atoms with Gasteiger partial charge in [-0.3, -0.25) is 9.69 Å². The predicted molar refractivity (Wildman–Crippen MR) is 81.4 cm³/mol. The molecule has 98 valence electrons. The number of rotatable bonds is 4. The molecule has 0 saturated carbocycles. The Labute approximate surface area is 121 Å². The second-order valence-electron chi connectivity index (χ2n) is 4.53. The van der Waals surface area contributed by atoms with Gasteiger partial charge in [-0.05, 0) is 54.1 Å². The van der Waals surface area contributed by atoms with E-state index >= 15 is 0 Å². The van der Waals surface area contributed by atoms with Gasteiger partial charge in [0.1, 0.15) is 0 Å². The van der Waals surface area contributed by atoms with Crippen LogP contribution in [0, 0.1) is 3.57 Å². The van der Waals surface area contributed by atoms with Crippen LogP contribution < -0.4 is 11.1 Å². The number of amides is 1. The van der Waals surface area contributed by atoms with Gasteiger partial charge >= 0.3 is 0 Å². The van der Waals surface area contributed by atoms with Crippen molar-refractivity contribution < 1.29 is 4.79 Å². The number of benzene rings is 1. The summed E-state index contributed by atoms with van der Waals surface area (Å²) in [7, 11) is 0. The quantitative estimate of drug-likeness (QED) is 0.804. The molecule has 1 heterocycles. The van der Waals surface area contributed by atoms with Crippen LogP contribution in [0.4, 0.5) is 5.69 Å². The molecule has 18 heavy (non-hydrogen) atoms. The van der Waals surface area contributed by atoms with Gasteiger partial charge in [-0.25, -0.2) is 0 Å². The van der Waals surface area contributed by atoms with Gasteiger partial charge in [0.05, 0.1) is 12.2 Å². The Morgan fingerprint density at radius 2 is 2.28 bits per heavy atom. The molecule has 1 fully saturated rings. The second kappa shape index (κ2) is 6.49. The van der Waals surface area contributed by atoms with Crippen LogP contribution in [-0.2, 0) is 4.79 Å². The molecule has 0 spiro atoms. The topological polar surface area (TPSA) is 58.4 Å². The summed E-state index contributed by atoms with van der Waals surface area (Å²) in [5, 5.41) is 2.95. The molecule has 1 saturated heterocycles. The minimum Gasteiger partial charge on any atom is -0.329 e. The van der Waals surface area contributed by atoms with E-state index < -0.39 is 0 Å². The minimum atomic E-state index is 0.0412. The SMILES string of the molecule is NCC1CCCN1CC(=O)Nc1ccccc1I. The summed E-state index contributed by atoms with van der Waals surface area (Å²) >= 11 is 2.22. The van der Waals surface area contributed by atoms with Crippen LogP contribution >= 0.6 is 22.6 Å². The predicted octanol–water partition coefficient (Wildman–Crippen LogP) is 1.65. The molecule has 1 amide bonds. The highest BCUT2D eigenvalue weighted by atomic mass is 127. The maximum atomic E-state index is 12.0. The number of hydrogen-bond donors (Lipinski definition) is 2. The normalized spacial score (nSPS) is 20.0. The van der Waals surface area contributed by atoms with E-state index in [-0.39, 0.29) is 5.91 Å². The third-order valence-corrected chi connectivity index (χ3v) is 4.21. The molecule has 0 radical (unpaired) electrons. The van der Waals surface area contributed by atoms with Crippen LogP contribution in [-0.4, -0.2) is 36.5 Å². The van der Waals surface area contributed by atoms with Crippen molar-refractivity contribution in [2.24, 2.45) is 5.73 Å². The van der Waals surface area contributed by atoms with Crippen LogP contribution in [0.25, 0.3) is 0 Å². The van der Waals surface area contributed by atoms with Gasteiger partial charge in [0, 0.05) is 16.2 Å². The lowest BCUT2D eigenvalue weighted by Gasteiger charge is -2.22. The number of para-hydroxylation sites is 1. The monoisotopic (exact) mass is 359 g/mol. The molecule has 0 aromatic heterocycles. The van der Waals surface area contributed by atoms with Crippen LogP contribution in [0.15, 0.2) is 24.3 Å². The van der Waals surface area contributed by atoms with Crippen LogP contribution in [0.2, 0.25) is 0 Å². The van der Waals surface area contributed by atoms with E-state index in [0.29, 0.717) is 19.1 Å². The van der Waals surface area contributed by atoms with E-state index in [1.807, 2.05) is 24.3 Å². The highest BCUT2D eigenvalue weighted by molar-refractivity contribution is 14.1. The first-order chi connectivity index (χ1) is 8.70. The Morgan fingerprint density at radius 3 is 3.00 bits per heavy atom.